The fourth-order valence-electron chi connectivity index (χ4n) is 2.73. The van der Waals surface area contributed by atoms with Crippen LogP contribution in [0.3, 0.4) is 0 Å². The Bertz CT molecular complexity index is 1030. The molecule has 25 heavy (non-hydrogen) atoms. The molecule has 0 saturated heterocycles. The molecule has 3 aromatic rings. The van der Waals surface area contributed by atoms with Crippen molar-refractivity contribution in [1.82, 2.24) is 0 Å². The summed E-state index contributed by atoms with van der Waals surface area (Å²) in [6, 6.07) is 6.80. The summed E-state index contributed by atoms with van der Waals surface area (Å²) in [5.74, 6) is -0.342. The molecule has 0 aliphatic heterocycles. The average molecular weight is 344 g/mol. The van der Waals surface area contributed by atoms with Crippen molar-refractivity contribution in [3.63, 3.8) is 0 Å². The molecule has 0 N–H and O–H groups in total. The fraction of sp³-hybridized carbons (Fsp3) is 0.222. The summed E-state index contributed by atoms with van der Waals surface area (Å²) in [4.78, 5) is 24.5. The number of hydrogen-bond donors (Lipinski definition) is 0. The molecule has 0 aliphatic rings. The van der Waals surface area contributed by atoms with Crippen LogP contribution in [0.2, 0.25) is 0 Å². The van der Waals surface area contributed by atoms with E-state index in [4.69, 9.17) is 23.4 Å². The van der Waals surface area contributed by atoms with E-state index >= 15 is 0 Å². The molecule has 1 heterocycles. The maximum absolute atomic E-state index is 13.0. The lowest BCUT2D eigenvalue weighted by Crippen LogP contribution is -2.10. The van der Waals surface area contributed by atoms with Gasteiger partial charge in [0.25, 0.3) is 0 Å². The molecule has 7 nitrogen and oxygen atoms in total. The molecule has 0 bridgehead atoms. The first kappa shape index (κ1) is 16.6. The number of ether oxygens (including phenoxy) is 4. The van der Waals surface area contributed by atoms with E-state index in [2.05, 4.69) is 0 Å². The van der Waals surface area contributed by atoms with Crippen LogP contribution in [-0.2, 0) is 4.79 Å². The molecule has 130 valence electrons. The van der Waals surface area contributed by atoms with E-state index in [1.54, 1.807) is 24.3 Å². The predicted octanol–water partition coefficient (Wildman–Crippen LogP) is 2.90. The molecule has 1 aromatic heterocycles. The molecule has 0 aliphatic carbocycles. The first-order chi connectivity index (χ1) is 12.0. The Labute approximate surface area is 142 Å². The predicted molar refractivity (Wildman–Crippen MR) is 91.0 cm³/mol. The molecule has 0 atom stereocenters. The van der Waals surface area contributed by atoms with Crippen LogP contribution in [0, 0.1) is 0 Å². The summed E-state index contributed by atoms with van der Waals surface area (Å²) >= 11 is 0. The topological polar surface area (TPSA) is 84.2 Å². The maximum Gasteiger partial charge on any atom is 0.308 e. The Kier molecular flexibility index (Phi) is 4.22. The van der Waals surface area contributed by atoms with Gasteiger partial charge in [-0.15, -0.1) is 0 Å². The maximum atomic E-state index is 13.0. The van der Waals surface area contributed by atoms with Crippen LogP contribution in [0.1, 0.15) is 6.92 Å². The van der Waals surface area contributed by atoms with Gasteiger partial charge in [-0.2, -0.15) is 0 Å². The van der Waals surface area contributed by atoms with E-state index in [0.717, 1.165) is 0 Å². The highest BCUT2D eigenvalue weighted by molar-refractivity contribution is 6.00. The summed E-state index contributed by atoms with van der Waals surface area (Å²) in [5.41, 5.74) is 0.180. The van der Waals surface area contributed by atoms with Gasteiger partial charge in [-0.1, -0.05) is 12.1 Å². The van der Waals surface area contributed by atoms with Crippen molar-refractivity contribution < 1.29 is 28.2 Å². The number of methoxy groups -OCH3 is 3. The van der Waals surface area contributed by atoms with Crippen molar-refractivity contribution >= 4 is 27.9 Å². The molecular weight excluding hydrogens is 328 g/mol. The van der Waals surface area contributed by atoms with Crippen LogP contribution in [0.5, 0.6) is 23.0 Å². The standard InChI is InChI=1S/C18H16O7/c1-9(19)24-18-16(22-3)14(21-2)12-13(20)10-7-5-6-8-11(10)25-15(12)17(18)23-4/h5-8H,1-4H3. The van der Waals surface area contributed by atoms with Gasteiger partial charge in [0.2, 0.25) is 22.7 Å². The largest absolute Gasteiger partial charge is 0.492 e. The number of carbonyl (C=O) groups excluding carboxylic acids is 1. The molecule has 0 unspecified atom stereocenters. The number of carbonyl (C=O) groups is 1. The lowest BCUT2D eigenvalue weighted by molar-refractivity contribution is -0.132. The summed E-state index contributed by atoms with van der Waals surface area (Å²) < 4.78 is 27.1. The minimum absolute atomic E-state index is 0.0136. The zero-order valence-electron chi connectivity index (χ0n) is 14.2. The Balaban J connectivity index is 2.60. The van der Waals surface area contributed by atoms with Crippen molar-refractivity contribution in [3.8, 4) is 23.0 Å². The second kappa shape index (κ2) is 6.35. The number of esters is 1. The molecule has 0 radical (unpaired) electrons. The van der Waals surface area contributed by atoms with Crippen LogP contribution < -0.4 is 24.4 Å². The molecule has 3 rings (SSSR count). The molecule has 0 amide bonds. The van der Waals surface area contributed by atoms with Crippen molar-refractivity contribution in [2.75, 3.05) is 21.3 Å². The van der Waals surface area contributed by atoms with Crippen molar-refractivity contribution in [3.05, 3.63) is 34.5 Å². The van der Waals surface area contributed by atoms with Gasteiger partial charge in [0.15, 0.2) is 11.3 Å². The van der Waals surface area contributed by atoms with Gasteiger partial charge in [-0.3, -0.25) is 9.59 Å². The van der Waals surface area contributed by atoms with E-state index in [1.165, 1.54) is 28.3 Å². The number of fused-ring (bicyclic) bond motifs is 2. The van der Waals surface area contributed by atoms with E-state index < -0.39 is 5.97 Å². The molecule has 0 spiro atoms. The number of hydrogen-bond acceptors (Lipinski definition) is 7. The summed E-state index contributed by atoms with van der Waals surface area (Å²) in [7, 11) is 4.14. The molecule has 0 fully saturated rings. The Morgan fingerprint density at radius 1 is 0.920 bits per heavy atom. The van der Waals surface area contributed by atoms with E-state index in [1.807, 2.05) is 0 Å². The highest BCUT2D eigenvalue weighted by atomic mass is 16.6. The third kappa shape index (κ3) is 2.53. The second-order valence-electron chi connectivity index (χ2n) is 5.15. The minimum atomic E-state index is -0.582. The van der Waals surface area contributed by atoms with E-state index in [0.29, 0.717) is 11.0 Å². The second-order valence-corrected chi connectivity index (χ2v) is 5.15. The Morgan fingerprint density at radius 2 is 1.56 bits per heavy atom. The van der Waals surface area contributed by atoms with Crippen molar-refractivity contribution in [2.45, 2.75) is 6.92 Å². The zero-order chi connectivity index (χ0) is 18.1. The van der Waals surface area contributed by atoms with Crippen LogP contribution in [-0.4, -0.2) is 27.3 Å². The molecular formula is C18H16O7. The first-order valence-electron chi connectivity index (χ1n) is 7.39. The van der Waals surface area contributed by atoms with Crippen molar-refractivity contribution in [1.29, 1.82) is 0 Å². The third-order valence-electron chi connectivity index (χ3n) is 3.71. The van der Waals surface area contributed by atoms with Crippen LogP contribution in [0.25, 0.3) is 21.9 Å². The lowest BCUT2D eigenvalue weighted by atomic mass is 10.1. The molecule has 0 saturated carbocycles. The molecule has 2 aromatic carbocycles. The monoisotopic (exact) mass is 344 g/mol. The average Bonchev–Trinajstić information content (AvgIpc) is 2.60. The highest BCUT2D eigenvalue weighted by Gasteiger charge is 2.28. The minimum Gasteiger partial charge on any atom is -0.492 e. The third-order valence-corrected chi connectivity index (χ3v) is 3.71. The quantitative estimate of drug-likeness (QED) is 0.409. The van der Waals surface area contributed by atoms with Gasteiger partial charge >= 0.3 is 5.97 Å². The Morgan fingerprint density at radius 3 is 2.16 bits per heavy atom. The van der Waals surface area contributed by atoms with Gasteiger partial charge in [0, 0.05) is 6.92 Å². The fourth-order valence-corrected chi connectivity index (χ4v) is 2.73. The Hall–Kier alpha value is -3.22. The van der Waals surface area contributed by atoms with Gasteiger partial charge in [-0.25, -0.2) is 0 Å². The normalized spacial score (nSPS) is 10.7. The first-order valence-corrected chi connectivity index (χ1v) is 7.39. The molecule has 7 heteroatoms. The van der Waals surface area contributed by atoms with Gasteiger partial charge in [0.05, 0.1) is 26.7 Å². The smallest absolute Gasteiger partial charge is 0.308 e. The number of rotatable bonds is 4. The SMILES string of the molecule is COc1c(OC(C)=O)c(OC)c2oc3ccccc3c(=O)c2c1OC. The number of benzene rings is 2. The lowest BCUT2D eigenvalue weighted by Gasteiger charge is -2.17. The van der Waals surface area contributed by atoms with Crippen LogP contribution >= 0.6 is 0 Å². The van der Waals surface area contributed by atoms with Crippen molar-refractivity contribution in [2.24, 2.45) is 0 Å². The van der Waals surface area contributed by atoms with Crippen LogP contribution in [0.15, 0.2) is 33.5 Å². The van der Waals surface area contributed by atoms with Gasteiger partial charge in [-0.05, 0) is 12.1 Å². The highest BCUT2D eigenvalue weighted by Crippen LogP contribution is 2.50. The van der Waals surface area contributed by atoms with Crippen LogP contribution in [0.4, 0.5) is 0 Å². The summed E-state index contributed by atoms with van der Waals surface area (Å²) in [6.45, 7) is 1.24. The zero-order valence-corrected chi connectivity index (χ0v) is 14.2. The van der Waals surface area contributed by atoms with Gasteiger partial charge < -0.3 is 23.4 Å². The summed E-state index contributed by atoms with van der Waals surface area (Å²) in [5, 5.41) is 0.531. The number of para-hydroxylation sites is 1. The summed E-state index contributed by atoms with van der Waals surface area (Å²) in [6.07, 6.45) is 0. The van der Waals surface area contributed by atoms with E-state index in [-0.39, 0.29) is 39.4 Å². The van der Waals surface area contributed by atoms with E-state index in [9.17, 15) is 9.59 Å². The van der Waals surface area contributed by atoms with Gasteiger partial charge in [0.1, 0.15) is 11.0 Å².